The molecule has 1 atom stereocenters. The zero-order valence-corrected chi connectivity index (χ0v) is 11.8. The first kappa shape index (κ1) is 14.3. The minimum absolute atomic E-state index is 0.0507. The molecule has 1 unspecified atom stereocenters. The number of carbonyl (C=O) groups excluding carboxylic acids is 1. The summed E-state index contributed by atoms with van der Waals surface area (Å²) >= 11 is 0. The second kappa shape index (κ2) is 5.88. The maximum atomic E-state index is 12.3. The summed E-state index contributed by atoms with van der Waals surface area (Å²) in [6, 6.07) is 7.63. The summed E-state index contributed by atoms with van der Waals surface area (Å²) in [4.78, 5) is 16.3. The monoisotopic (exact) mass is 272 g/mol. The van der Waals surface area contributed by atoms with Gasteiger partial charge in [0.05, 0.1) is 11.7 Å². The highest BCUT2D eigenvalue weighted by molar-refractivity contribution is 5.95. The molecular formula is C15H20N4O. The fourth-order valence-corrected chi connectivity index (χ4v) is 1.84. The first-order chi connectivity index (χ1) is 9.59. The van der Waals surface area contributed by atoms with Crippen LogP contribution in [0.2, 0.25) is 0 Å². The smallest absolute Gasteiger partial charge is 0.231 e. The number of nitrogens with one attached hydrogen (secondary N) is 1. The van der Waals surface area contributed by atoms with Crippen LogP contribution in [0.1, 0.15) is 20.3 Å². The van der Waals surface area contributed by atoms with Crippen LogP contribution in [0.15, 0.2) is 43.0 Å². The first-order valence-electron chi connectivity index (χ1n) is 6.69. The van der Waals surface area contributed by atoms with Crippen molar-refractivity contribution in [2.45, 2.75) is 20.3 Å². The molecule has 0 bridgehead atoms. The molecule has 1 aromatic heterocycles. The highest BCUT2D eigenvalue weighted by Crippen LogP contribution is 2.23. The molecule has 0 fully saturated rings. The van der Waals surface area contributed by atoms with Gasteiger partial charge in [-0.25, -0.2) is 4.98 Å². The highest BCUT2D eigenvalue weighted by Gasteiger charge is 2.29. The van der Waals surface area contributed by atoms with Gasteiger partial charge in [0.1, 0.15) is 0 Å². The topological polar surface area (TPSA) is 72.9 Å². The third-order valence-corrected chi connectivity index (χ3v) is 3.69. The fourth-order valence-electron chi connectivity index (χ4n) is 1.84. The van der Waals surface area contributed by atoms with E-state index in [9.17, 15) is 4.79 Å². The van der Waals surface area contributed by atoms with E-state index in [4.69, 9.17) is 5.73 Å². The van der Waals surface area contributed by atoms with Crippen molar-refractivity contribution in [2.24, 2.45) is 11.1 Å². The Morgan fingerprint density at radius 3 is 2.90 bits per heavy atom. The van der Waals surface area contributed by atoms with Gasteiger partial charge in [-0.3, -0.25) is 4.79 Å². The molecule has 1 heterocycles. The van der Waals surface area contributed by atoms with Gasteiger partial charge in [0, 0.05) is 30.3 Å². The molecule has 2 aromatic rings. The third-order valence-electron chi connectivity index (χ3n) is 3.69. The summed E-state index contributed by atoms with van der Waals surface area (Å²) in [5, 5.41) is 2.93. The van der Waals surface area contributed by atoms with Crippen LogP contribution in [0.5, 0.6) is 0 Å². The van der Waals surface area contributed by atoms with E-state index in [1.165, 1.54) is 0 Å². The Kier molecular flexibility index (Phi) is 4.20. The second-order valence-electron chi connectivity index (χ2n) is 5.09. The summed E-state index contributed by atoms with van der Waals surface area (Å²) < 4.78 is 1.89. The molecule has 20 heavy (non-hydrogen) atoms. The van der Waals surface area contributed by atoms with Gasteiger partial charge in [-0.1, -0.05) is 13.0 Å². The number of benzene rings is 1. The number of imidazole rings is 1. The van der Waals surface area contributed by atoms with Crippen molar-refractivity contribution >= 4 is 11.6 Å². The Labute approximate surface area is 118 Å². The quantitative estimate of drug-likeness (QED) is 0.876. The number of nitrogens with two attached hydrogens (primary N) is 1. The molecule has 0 saturated carbocycles. The summed E-state index contributed by atoms with van der Waals surface area (Å²) in [6.07, 6.45) is 6.00. The lowest BCUT2D eigenvalue weighted by atomic mass is 9.86. The molecule has 0 aliphatic carbocycles. The number of rotatable bonds is 5. The van der Waals surface area contributed by atoms with E-state index in [0.717, 1.165) is 11.4 Å². The average Bonchev–Trinajstić information content (AvgIpc) is 3.01. The summed E-state index contributed by atoms with van der Waals surface area (Å²) in [5.74, 6) is -0.0507. The van der Waals surface area contributed by atoms with Crippen LogP contribution in [0, 0.1) is 5.41 Å². The first-order valence-corrected chi connectivity index (χ1v) is 6.69. The van der Waals surface area contributed by atoms with Crippen LogP contribution in [0.4, 0.5) is 5.69 Å². The van der Waals surface area contributed by atoms with Gasteiger partial charge >= 0.3 is 0 Å². The molecule has 5 nitrogen and oxygen atoms in total. The Hall–Kier alpha value is -2.14. The third kappa shape index (κ3) is 2.88. The molecule has 106 valence electrons. The van der Waals surface area contributed by atoms with E-state index >= 15 is 0 Å². The normalized spacial score (nSPS) is 13.8. The minimum atomic E-state index is -0.537. The van der Waals surface area contributed by atoms with E-state index < -0.39 is 5.41 Å². The minimum Gasteiger partial charge on any atom is -0.329 e. The molecule has 0 aliphatic heterocycles. The van der Waals surface area contributed by atoms with E-state index in [1.54, 1.807) is 12.5 Å². The lowest BCUT2D eigenvalue weighted by Gasteiger charge is -2.25. The van der Waals surface area contributed by atoms with Gasteiger partial charge < -0.3 is 15.6 Å². The van der Waals surface area contributed by atoms with Crippen LogP contribution in [0.25, 0.3) is 5.69 Å². The van der Waals surface area contributed by atoms with Gasteiger partial charge in [0.2, 0.25) is 5.91 Å². The summed E-state index contributed by atoms with van der Waals surface area (Å²) in [5.41, 5.74) is 6.88. The molecule has 0 saturated heterocycles. The maximum absolute atomic E-state index is 12.3. The molecule has 1 amide bonds. The van der Waals surface area contributed by atoms with Crippen LogP contribution < -0.4 is 11.1 Å². The van der Waals surface area contributed by atoms with Crippen molar-refractivity contribution in [3.8, 4) is 5.69 Å². The molecular weight excluding hydrogens is 252 g/mol. The number of nitrogens with zero attached hydrogens (tertiary/aromatic N) is 2. The fraction of sp³-hybridized carbons (Fsp3) is 0.333. The number of carbonyl (C=O) groups is 1. The van der Waals surface area contributed by atoms with E-state index in [-0.39, 0.29) is 5.91 Å². The standard InChI is InChI=1S/C15H20N4O/c1-3-15(2,10-16)14(20)18-12-5-4-6-13(9-12)19-8-7-17-11-19/h4-9,11H,3,10,16H2,1-2H3,(H,18,20). The second-order valence-corrected chi connectivity index (χ2v) is 5.09. The largest absolute Gasteiger partial charge is 0.329 e. The predicted octanol–water partition coefficient (Wildman–Crippen LogP) is 2.19. The number of anilines is 1. The van der Waals surface area contributed by atoms with E-state index in [2.05, 4.69) is 10.3 Å². The number of hydrogen-bond donors (Lipinski definition) is 2. The van der Waals surface area contributed by atoms with Crippen molar-refractivity contribution in [1.82, 2.24) is 9.55 Å². The average molecular weight is 272 g/mol. The Morgan fingerprint density at radius 2 is 2.30 bits per heavy atom. The van der Waals surface area contributed by atoms with Crippen molar-refractivity contribution in [2.75, 3.05) is 11.9 Å². The number of amides is 1. The van der Waals surface area contributed by atoms with Crippen LogP contribution >= 0.6 is 0 Å². The van der Waals surface area contributed by atoms with Gasteiger partial charge in [-0.2, -0.15) is 0 Å². The Balaban J connectivity index is 2.19. The van der Waals surface area contributed by atoms with Crippen LogP contribution in [-0.2, 0) is 4.79 Å². The molecule has 5 heteroatoms. The molecule has 0 spiro atoms. The number of aromatic nitrogens is 2. The highest BCUT2D eigenvalue weighted by atomic mass is 16.2. The summed E-state index contributed by atoms with van der Waals surface area (Å²) in [7, 11) is 0. The zero-order valence-electron chi connectivity index (χ0n) is 11.8. The molecule has 1 aromatic carbocycles. The van der Waals surface area contributed by atoms with Gasteiger partial charge in [0.25, 0.3) is 0 Å². The van der Waals surface area contributed by atoms with E-state index in [1.807, 2.05) is 48.9 Å². The lowest BCUT2D eigenvalue weighted by Crippen LogP contribution is -2.39. The van der Waals surface area contributed by atoms with Crippen molar-refractivity contribution in [1.29, 1.82) is 0 Å². The molecule has 2 rings (SSSR count). The van der Waals surface area contributed by atoms with Crippen molar-refractivity contribution in [3.63, 3.8) is 0 Å². The Morgan fingerprint density at radius 1 is 1.50 bits per heavy atom. The van der Waals surface area contributed by atoms with Gasteiger partial charge in [-0.05, 0) is 31.5 Å². The molecule has 3 N–H and O–H groups in total. The van der Waals surface area contributed by atoms with E-state index in [0.29, 0.717) is 13.0 Å². The van der Waals surface area contributed by atoms with Crippen LogP contribution in [-0.4, -0.2) is 22.0 Å². The van der Waals surface area contributed by atoms with Gasteiger partial charge in [-0.15, -0.1) is 0 Å². The molecule has 0 aliphatic rings. The number of hydrogen-bond acceptors (Lipinski definition) is 3. The van der Waals surface area contributed by atoms with Crippen LogP contribution in [0.3, 0.4) is 0 Å². The maximum Gasteiger partial charge on any atom is 0.231 e. The van der Waals surface area contributed by atoms with Crippen molar-refractivity contribution < 1.29 is 4.79 Å². The lowest BCUT2D eigenvalue weighted by molar-refractivity contribution is -0.124. The Bertz CT molecular complexity index is 573. The van der Waals surface area contributed by atoms with Crippen molar-refractivity contribution in [3.05, 3.63) is 43.0 Å². The zero-order chi connectivity index (χ0) is 14.6. The summed E-state index contributed by atoms with van der Waals surface area (Å²) in [6.45, 7) is 4.17. The SMILES string of the molecule is CCC(C)(CN)C(=O)Nc1cccc(-n2ccnc2)c1. The van der Waals surface area contributed by atoms with Gasteiger partial charge in [0.15, 0.2) is 0 Å². The molecule has 0 radical (unpaired) electrons. The predicted molar refractivity (Wildman–Crippen MR) is 79.6 cm³/mol.